The highest BCUT2D eigenvalue weighted by molar-refractivity contribution is 5.88. The number of furan rings is 1. The van der Waals surface area contributed by atoms with Crippen LogP contribution in [0.15, 0.2) is 16.7 Å². The second-order valence-corrected chi connectivity index (χ2v) is 3.64. The molecule has 76 valence electrons. The van der Waals surface area contributed by atoms with Gasteiger partial charge < -0.3 is 14.6 Å². The van der Waals surface area contributed by atoms with Crippen molar-refractivity contribution in [2.24, 2.45) is 5.92 Å². The maximum absolute atomic E-state index is 10.7. The molecule has 1 fully saturated rings. The summed E-state index contributed by atoms with van der Waals surface area (Å²) in [6.07, 6.45) is 3.54. The number of carbonyl (C=O) groups is 1. The summed E-state index contributed by atoms with van der Waals surface area (Å²) in [7, 11) is 0. The van der Waals surface area contributed by atoms with E-state index in [0.29, 0.717) is 0 Å². The number of hydrogen-bond acceptors (Lipinski definition) is 3. The van der Waals surface area contributed by atoms with Crippen molar-refractivity contribution in [1.29, 1.82) is 0 Å². The average Bonchev–Trinajstić information content (AvgIpc) is 2.47. The molecule has 1 aliphatic rings. The summed E-state index contributed by atoms with van der Waals surface area (Å²) in [6.45, 7) is 0. The summed E-state index contributed by atoms with van der Waals surface area (Å²) in [5.41, 5.74) is 0.0735. The molecule has 1 atom stereocenters. The molecule has 0 bridgehead atoms. The van der Waals surface area contributed by atoms with Gasteiger partial charge in [0.2, 0.25) is 0 Å². The maximum Gasteiger partial charge on any atom is 0.339 e. The van der Waals surface area contributed by atoms with E-state index in [-0.39, 0.29) is 17.2 Å². The first-order valence-corrected chi connectivity index (χ1v) is 4.69. The zero-order valence-corrected chi connectivity index (χ0v) is 7.64. The van der Waals surface area contributed by atoms with Crippen molar-refractivity contribution in [2.75, 3.05) is 0 Å². The second kappa shape index (κ2) is 3.46. The van der Waals surface area contributed by atoms with Gasteiger partial charge in [-0.2, -0.15) is 0 Å². The van der Waals surface area contributed by atoms with Crippen LogP contribution in [0.1, 0.15) is 41.5 Å². The Labute approximate surface area is 81.2 Å². The van der Waals surface area contributed by atoms with Gasteiger partial charge in [0.15, 0.2) is 0 Å². The highest BCUT2D eigenvalue weighted by atomic mass is 16.4. The smallest absolute Gasteiger partial charge is 0.339 e. The average molecular weight is 196 g/mol. The Morgan fingerprint density at radius 1 is 1.57 bits per heavy atom. The van der Waals surface area contributed by atoms with Gasteiger partial charge in [-0.3, -0.25) is 0 Å². The largest absolute Gasteiger partial charge is 0.478 e. The van der Waals surface area contributed by atoms with Gasteiger partial charge in [0, 0.05) is 0 Å². The molecule has 0 saturated heterocycles. The molecule has 1 heterocycles. The number of carboxylic acid groups (broad SMARTS) is 1. The summed E-state index contributed by atoms with van der Waals surface area (Å²) in [5.74, 6) is -0.687. The lowest BCUT2D eigenvalue weighted by Gasteiger charge is -2.29. The van der Waals surface area contributed by atoms with Crippen LogP contribution in [0.2, 0.25) is 0 Å². The summed E-state index contributed by atoms with van der Waals surface area (Å²) in [6, 6.07) is 1.37. The topological polar surface area (TPSA) is 70.7 Å². The predicted molar refractivity (Wildman–Crippen MR) is 48.0 cm³/mol. The summed E-state index contributed by atoms with van der Waals surface area (Å²) < 4.78 is 5.01. The van der Waals surface area contributed by atoms with Crippen molar-refractivity contribution in [2.45, 2.75) is 25.4 Å². The van der Waals surface area contributed by atoms with E-state index in [1.54, 1.807) is 0 Å². The normalized spacial score (nSPS) is 18.9. The molecule has 0 radical (unpaired) electrons. The second-order valence-electron chi connectivity index (χ2n) is 3.64. The van der Waals surface area contributed by atoms with Gasteiger partial charge in [0.1, 0.15) is 17.4 Å². The molecular formula is C10H12O4. The predicted octanol–water partition coefficient (Wildman–Crippen LogP) is 1.81. The zero-order valence-electron chi connectivity index (χ0n) is 7.64. The Morgan fingerprint density at radius 2 is 2.29 bits per heavy atom. The third kappa shape index (κ3) is 1.42. The van der Waals surface area contributed by atoms with Crippen molar-refractivity contribution < 1.29 is 19.4 Å². The molecule has 2 N–H and O–H groups in total. The van der Waals surface area contributed by atoms with Crippen LogP contribution in [-0.4, -0.2) is 16.2 Å². The Balaban J connectivity index is 2.21. The zero-order chi connectivity index (χ0) is 10.1. The summed E-state index contributed by atoms with van der Waals surface area (Å²) >= 11 is 0. The molecule has 1 aliphatic carbocycles. The van der Waals surface area contributed by atoms with Crippen molar-refractivity contribution in [3.63, 3.8) is 0 Å². The number of hydrogen-bond donors (Lipinski definition) is 2. The van der Waals surface area contributed by atoms with Crippen LogP contribution in [-0.2, 0) is 0 Å². The summed E-state index contributed by atoms with van der Waals surface area (Å²) in [5, 5.41) is 18.6. The number of aliphatic hydroxyl groups is 1. The number of carboxylic acids is 1. The van der Waals surface area contributed by atoms with Gasteiger partial charge in [-0.1, -0.05) is 6.42 Å². The lowest BCUT2D eigenvalue weighted by molar-refractivity contribution is 0.0412. The van der Waals surface area contributed by atoms with Gasteiger partial charge in [0.25, 0.3) is 0 Å². The molecule has 4 heteroatoms. The van der Waals surface area contributed by atoms with Crippen molar-refractivity contribution in [3.8, 4) is 0 Å². The molecule has 1 aromatic rings. The molecule has 2 rings (SSSR count). The van der Waals surface area contributed by atoms with Gasteiger partial charge in [-0.05, 0) is 24.8 Å². The highest BCUT2D eigenvalue weighted by Crippen LogP contribution is 2.38. The lowest BCUT2D eigenvalue weighted by Crippen LogP contribution is -2.21. The van der Waals surface area contributed by atoms with Crippen molar-refractivity contribution >= 4 is 5.97 Å². The monoisotopic (exact) mass is 196 g/mol. The minimum absolute atomic E-state index is 0.0735. The van der Waals surface area contributed by atoms with Gasteiger partial charge >= 0.3 is 5.97 Å². The fourth-order valence-electron chi connectivity index (χ4n) is 1.70. The fraction of sp³-hybridized carbons (Fsp3) is 0.500. The van der Waals surface area contributed by atoms with E-state index in [9.17, 15) is 9.90 Å². The molecule has 1 unspecified atom stereocenters. The molecule has 0 aliphatic heterocycles. The van der Waals surface area contributed by atoms with Crippen LogP contribution in [0, 0.1) is 5.92 Å². The highest BCUT2D eigenvalue weighted by Gasteiger charge is 2.31. The minimum atomic E-state index is -1.05. The van der Waals surface area contributed by atoms with Crippen LogP contribution in [0.3, 0.4) is 0 Å². The van der Waals surface area contributed by atoms with Gasteiger partial charge in [-0.15, -0.1) is 0 Å². The molecule has 1 saturated carbocycles. The third-order valence-electron chi connectivity index (χ3n) is 2.79. The van der Waals surface area contributed by atoms with Gasteiger partial charge in [-0.25, -0.2) is 4.79 Å². The third-order valence-corrected chi connectivity index (χ3v) is 2.79. The minimum Gasteiger partial charge on any atom is -0.478 e. The number of aromatic carboxylic acids is 1. The lowest BCUT2D eigenvalue weighted by atomic mass is 9.80. The Kier molecular flexibility index (Phi) is 2.29. The van der Waals surface area contributed by atoms with E-state index in [1.165, 1.54) is 12.3 Å². The number of rotatable bonds is 3. The maximum atomic E-state index is 10.7. The first-order chi connectivity index (χ1) is 6.70. The molecule has 4 nitrogen and oxygen atoms in total. The van der Waals surface area contributed by atoms with E-state index in [4.69, 9.17) is 9.52 Å². The van der Waals surface area contributed by atoms with E-state index in [1.807, 2.05) is 0 Å². The first-order valence-electron chi connectivity index (χ1n) is 4.69. The van der Waals surface area contributed by atoms with Crippen molar-refractivity contribution in [1.82, 2.24) is 0 Å². The quantitative estimate of drug-likeness (QED) is 0.773. The molecular weight excluding hydrogens is 184 g/mol. The molecule has 1 aromatic heterocycles. The SMILES string of the molecule is O=C(O)c1ccoc1C(O)C1CCC1. The van der Waals surface area contributed by atoms with Crippen LogP contribution in [0.4, 0.5) is 0 Å². The Hall–Kier alpha value is -1.29. The standard InChI is InChI=1S/C10H12O4/c11-8(6-2-1-3-6)9-7(10(12)13)4-5-14-9/h4-6,8,11H,1-3H2,(H,12,13). The van der Waals surface area contributed by atoms with Crippen LogP contribution >= 0.6 is 0 Å². The molecule has 14 heavy (non-hydrogen) atoms. The molecule has 0 aromatic carbocycles. The van der Waals surface area contributed by atoms with E-state index in [2.05, 4.69) is 0 Å². The van der Waals surface area contributed by atoms with E-state index >= 15 is 0 Å². The Bertz CT molecular complexity index is 338. The van der Waals surface area contributed by atoms with Gasteiger partial charge in [0.05, 0.1) is 6.26 Å². The fourth-order valence-corrected chi connectivity index (χ4v) is 1.70. The summed E-state index contributed by atoms with van der Waals surface area (Å²) in [4.78, 5) is 10.7. The van der Waals surface area contributed by atoms with E-state index in [0.717, 1.165) is 19.3 Å². The van der Waals surface area contributed by atoms with Crippen LogP contribution < -0.4 is 0 Å². The van der Waals surface area contributed by atoms with E-state index < -0.39 is 12.1 Å². The first kappa shape index (κ1) is 9.27. The Morgan fingerprint density at radius 3 is 2.79 bits per heavy atom. The van der Waals surface area contributed by atoms with Crippen LogP contribution in [0.5, 0.6) is 0 Å². The molecule has 0 spiro atoms. The van der Waals surface area contributed by atoms with Crippen molar-refractivity contribution in [3.05, 3.63) is 23.7 Å². The molecule has 0 amide bonds. The number of aliphatic hydroxyl groups excluding tert-OH is 1. The van der Waals surface area contributed by atoms with Crippen LogP contribution in [0.25, 0.3) is 0 Å².